The highest BCUT2D eigenvalue weighted by Crippen LogP contribution is 2.30. The Morgan fingerprint density at radius 3 is 2.88 bits per heavy atom. The van der Waals surface area contributed by atoms with Gasteiger partial charge >= 0.3 is 0 Å². The summed E-state index contributed by atoms with van der Waals surface area (Å²) in [5.74, 6) is 0.525. The first-order chi connectivity index (χ1) is 12.3. The number of piperidine rings is 2. The summed E-state index contributed by atoms with van der Waals surface area (Å²) < 4.78 is 0. The molecule has 5 nitrogen and oxygen atoms in total. The molecule has 25 heavy (non-hydrogen) atoms. The summed E-state index contributed by atoms with van der Waals surface area (Å²) in [7, 11) is 0. The summed E-state index contributed by atoms with van der Waals surface area (Å²) >= 11 is 0. The number of hydrogen-bond donors (Lipinski definition) is 2. The summed E-state index contributed by atoms with van der Waals surface area (Å²) in [6, 6.07) is 12.4. The Labute approximate surface area is 148 Å². The Hall–Kier alpha value is -2.14. The first-order valence-electron chi connectivity index (χ1n) is 9.44. The fourth-order valence-electron chi connectivity index (χ4n) is 4.33. The number of hydrogen-bond acceptors (Lipinski definition) is 3. The highest BCUT2D eigenvalue weighted by Gasteiger charge is 2.33. The lowest BCUT2D eigenvalue weighted by molar-refractivity contribution is 0.0575. The van der Waals surface area contributed by atoms with Gasteiger partial charge in [0.1, 0.15) is 5.69 Å². The standard InChI is InChI=1S/C20H26N4O/c25-20(18-13-17(22-23-18)15-7-2-1-3-8-15)21-14-16-9-6-12-24-11-5-4-10-19(16)24/h1-3,7-8,13,16,19H,4-6,9-12,14H2,(H,21,25)(H,22,23)/t16-,19-/m1/s1. The zero-order chi connectivity index (χ0) is 17.1. The van der Waals surface area contributed by atoms with Crippen LogP contribution in [0.5, 0.6) is 0 Å². The fourth-order valence-corrected chi connectivity index (χ4v) is 4.33. The summed E-state index contributed by atoms with van der Waals surface area (Å²) in [6.07, 6.45) is 6.40. The zero-order valence-corrected chi connectivity index (χ0v) is 14.6. The summed E-state index contributed by atoms with van der Waals surface area (Å²) in [6.45, 7) is 3.23. The Kier molecular flexibility index (Phi) is 4.83. The number of benzene rings is 1. The summed E-state index contributed by atoms with van der Waals surface area (Å²) in [4.78, 5) is 15.1. The first-order valence-corrected chi connectivity index (χ1v) is 9.44. The van der Waals surface area contributed by atoms with Gasteiger partial charge in [0.25, 0.3) is 5.91 Å². The molecule has 132 valence electrons. The molecule has 2 aliphatic rings. The normalized spacial score (nSPS) is 23.8. The summed E-state index contributed by atoms with van der Waals surface area (Å²) in [5.41, 5.74) is 2.36. The molecule has 2 N–H and O–H groups in total. The number of nitrogens with zero attached hydrogens (tertiary/aromatic N) is 2. The lowest BCUT2D eigenvalue weighted by Gasteiger charge is -2.44. The van der Waals surface area contributed by atoms with E-state index in [0.717, 1.165) is 17.8 Å². The number of H-pyrrole nitrogens is 1. The zero-order valence-electron chi connectivity index (χ0n) is 14.6. The third-order valence-electron chi connectivity index (χ3n) is 5.65. The van der Waals surface area contributed by atoms with Crippen molar-refractivity contribution in [3.05, 3.63) is 42.1 Å². The number of fused-ring (bicyclic) bond motifs is 1. The van der Waals surface area contributed by atoms with Crippen molar-refractivity contribution in [1.82, 2.24) is 20.4 Å². The van der Waals surface area contributed by atoms with E-state index >= 15 is 0 Å². The second kappa shape index (κ2) is 7.40. The van der Waals surface area contributed by atoms with E-state index in [1.165, 1.54) is 45.2 Å². The molecule has 1 aromatic carbocycles. The average Bonchev–Trinajstić information content (AvgIpc) is 3.17. The molecule has 1 aromatic heterocycles. The SMILES string of the molecule is O=C(NC[C@H]1CCCN2CCCC[C@H]12)c1cc(-c2ccccc2)n[nH]1. The summed E-state index contributed by atoms with van der Waals surface area (Å²) in [5, 5.41) is 10.3. The van der Waals surface area contributed by atoms with Gasteiger partial charge in [-0.05, 0) is 50.8 Å². The van der Waals surface area contributed by atoms with Gasteiger partial charge in [0.2, 0.25) is 0 Å². The van der Waals surface area contributed by atoms with Crippen molar-refractivity contribution >= 4 is 5.91 Å². The van der Waals surface area contributed by atoms with Crippen LogP contribution in [0.4, 0.5) is 0 Å². The van der Waals surface area contributed by atoms with Crippen LogP contribution in [0.15, 0.2) is 36.4 Å². The van der Waals surface area contributed by atoms with E-state index in [4.69, 9.17) is 0 Å². The molecule has 0 spiro atoms. The van der Waals surface area contributed by atoms with E-state index in [2.05, 4.69) is 20.4 Å². The van der Waals surface area contributed by atoms with Crippen LogP contribution < -0.4 is 5.32 Å². The maximum absolute atomic E-state index is 12.5. The lowest BCUT2D eigenvalue weighted by Crippen LogP contribution is -2.51. The second-order valence-electron chi connectivity index (χ2n) is 7.24. The third-order valence-corrected chi connectivity index (χ3v) is 5.65. The Balaban J connectivity index is 1.37. The van der Waals surface area contributed by atoms with E-state index in [1.54, 1.807) is 0 Å². The second-order valence-corrected chi connectivity index (χ2v) is 7.24. The van der Waals surface area contributed by atoms with Gasteiger partial charge in [0.15, 0.2) is 0 Å². The van der Waals surface area contributed by atoms with Crippen LogP contribution in [-0.2, 0) is 0 Å². The van der Waals surface area contributed by atoms with Crippen LogP contribution in [-0.4, -0.2) is 46.7 Å². The van der Waals surface area contributed by atoms with Gasteiger partial charge in [-0.1, -0.05) is 36.8 Å². The van der Waals surface area contributed by atoms with E-state index in [1.807, 2.05) is 36.4 Å². The van der Waals surface area contributed by atoms with Crippen molar-refractivity contribution in [1.29, 1.82) is 0 Å². The Morgan fingerprint density at radius 1 is 1.16 bits per heavy atom. The minimum atomic E-state index is -0.0531. The molecule has 2 atom stereocenters. The minimum absolute atomic E-state index is 0.0531. The highest BCUT2D eigenvalue weighted by molar-refractivity contribution is 5.93. The van der Waals surface area contributed by atoms with Crippen molar-refractivity contribution in [2.24, 2.45) is 5.92 Å². The molecular formula is C20H26N4O. The van der Waals surface area contributed by atoms with Crippen LogP contribution in [0.2, 0.25) is 0 Å². The number of carbonyl (C=O) groups is 1. The van der Waals surface area contributed by atoms with Crippen LogP contribution in [0.3, 0.4) is 0 Å². The molecule has 2 aliphatic heterocycles. The highest BCUT2D eigenvalue weighted by atomic mass is 16.1. The number of nitrogens with one attached hydrogen (secondary N) is 2. The average molecular weight is 338 g/mol. The quantitative estimate of drug-likeness (QED) is 0.901. The molecular weight excluding hydrogens is 312 g/mol. The third kappa shape index (κ3) is 3.61. The maximum atomic E-state index is 12.5. The van der Waals surface area contributed by atoms with Crippen molar-refractivity contribution in [2.45, 2.75) is 38.1 Å². The van der Waals surface area contributed by atoms with Crippen LogP contribution in [0, 0.1) is 5.92 Å². The number of amides is 1. The molecule has 0 radical (unpaired) electrons. The van der Waals surface area contributed by atoms with Gasteiger partial charge in [0.05, 0.1) is 5.69 Å². The molecule has 1 amide bonds. The van der Waals surface area contributed by atoms with Crippen molar-refractivity contribution in [3.63, 3.8) is 0 Å². The molecule has 2 aromatic rings. The predicted octanol–water partition coefficient (Wildman–Crippen LogP) is 3.07. The van der Waals surface area contributed by atoms with Gasteiger partial charge in [-0.15, -0.1) is 0 Å². The molecule has 2 fully saturated rings. The fraction of sp³-hybridized carbons (Fsp3) is 0.500. The number of aromatic nitrogens is 2. The van der Waals surface area contributed by atoms with E-state index in [-0.39, 0.29) is 5.91 Å². The van der Waals surface area contributed by atoms with Crippen molar-refractivity contribution in [3.8, 4) is 11.3 Å². The molecule has 0 bridgehead atoms. The molecule has 4 rings (SSSR count). The van der Waals surface area contributed by atoms with Gasteiger partial charge in [-0.3, -0.25) is 9.89 Å². The molecule has 0 saturated carbocycles. The van der Waals surface area contributed by atoms with Crippen molar-refractivity contribution < 1.29 is 4.79 Å². The largest absolute Gasteiger partial charge is 0.350 e. The number of aromatic amines is 1. The van der Waals surface area contributed by atoms with Gasteiger partial charge < -0.3 is 10.2 Å². The molecule has 2 saturated heterocycles. The van der Waals surface area contributed by atoms with Crippen molar-refractivity contribution in [2.75, 3.05) is 19.6 Å². The first kappa shape index (κ1) is 16.3. The van der Waals surface area contributed by atoms with Crippen LogP contribution >= 0.6 is 0 Å². The van der Waals surface area contributed by atoms with Crippen LogP contribution in [0.1, 0.15) is 42.6 Å². The monoisotopic (exact) mass is 338 g/mol. The molecule has 0 aliphatic carbocycles. The van der Waals surface area contributed by atoms with E-state index in [9.17, 15) is 4.79 Å². The van der Waals surface area contributed by atoms with E-state index < -0.39 is 0 Å². The molecule has 5 heteroatoms. The number of carbonyl (C=O) groups excluding carboxylic acids is 1. The minimum Gasteiger partial charge on any atom is -0.350 e. The van der Waals surface area contributed by atoms with Gasteiger partial charge in [-0.25, -0.2) is 0 Å². The Morgan fingerprint density at radius 2 is 2.00 bits per heavy atom. The van der Waals surface area contributed by atoms with E-state index in [0.29, 0.717) is 17.7 Å². The lowest BCUT2D eigenvalue weighted by atomic mass is 9.83. The topological polar surface area (TPSA) is 61.0 Å². The maximum Gasteiger partial charge on any atom is 0.269 e. The predicted molar refractivity (Wildman–Crippen MR) is 98.3 cm³/mol. The molecule has 0 unspecified atom stereocenters. The molecule has 3 heterocycles. The Bertz CT molecular complexity index is 709. The number of rotatable bonds is 4. The smallest absolute Gasteiger partial charge is 0.269 e. The van der Waals surface area contributed by atoms with Crippen LogP contribution in [0.25, 0.3) is 11.3 Å². The van der Waals surface area contributed by atoms with Gasteiger partial charge in [-0.2, -0.15) is 5.10 Å². The van der Waals surface area contributed by atoms with Gasteiger partial charge in [0, 0.05) is 18.2 Å².